The van der Waals surface area contributed by atoms with E-state index >= 15 is 0 Å². The molecule has 0 saturated carbocycles. The number of nitrogens with zero attached hydrogens (tertiary/aromatic N) is 2. The number of benzene rings is 2. The highest BCUT2D eigenvalue weighted by Gasteiger charge is 2.13. The molecule has 0 unspecified atom stereocenters. The summed E-state index contributed by atoms with van der Waals surface area (Å²) in [4.78, 5) is 2.45. The Hall–Kier alpha value is -1.88. The van der Waals surface area contributed by atoms with Gasteiger partial charge in [-0.15, -0.1) is 0 Å². The molecule has 136 valence electrons. The van der Waals surface area contributed by atoms with Gasteiger partial charge in [0.2, 0.25) is 0 Å². The molecule has 0 radical (unpaired) electrons. The molecule has 1 saturated heterocycles. The van der Waals surface area contributed by atoms with Crippen molar-refractivity contribution in [3.8, 4) is 5.69 Å². The first kappa shape index (κ1) is 17.5. The zero-order valence-corrected chi connectivity index (χ0v) is 15.4. The zero-order valence-electron chi connectivity index (χ0n) is 14.6. The van der Waals surface area contributed by atoms with E-state index in [4.69, 9.17) is 16.3 Å². The molecule has 0 amide bonds. The van der Waals surface area contributed by atoms with Crippen molar-refractivity contribution in [1.29, 1.82) is 0 Å². The Labute approximate surface area is 157 Å². The Morgan fingerprint density at radius 1 is 1.04 bits per heavy atom. The van der Waals surface area contributed by atoms with Crippen LogP contribution >= 0.6 is 11.6 Å². The number of morpholine rings is 1. The number of aromatic nitrogens is 1. The molecule has 0 aliphatic carbocycles. The number of aryl methyl sites for hydroxylation is 1. The van der Waals surface area contributed by atoms with Crippen molar-refractivity contribution in [2.24, 2.45) is 0 Å². The maximum atomic E-state index is 13.3. The molecule has 0 atom stereocenters. The molecule has 2 aromatic carbocycles. The van der Waals surface area contributed by atoms with Gasteiger partial charge in [-0.05, 0) is 67.4 Å². The molecule has 0 bridgehead atoms. The van der Waals surface area contributed by atoms with Gasteiger partial charge in [0.25, 0.3) is 0 Å². The molecule has 1 aliphatic rings. The molecule has 0 spiro atoms. The number of ether oxygens (including phenoxy) is 1. The van der Waals surface area contributed by atoms with Crippen molar-refractivity contribution in [1.82, 2.24) is 9.47 Å². The Bertz CT molecular complexity index is 885. The van der Waals surface area contributed by atoms with E-state index in [0.717, 1.165) is 61.9 Å². The molecule has 3 aromatic rings. The molecular formula is C21H22ClFN2O. The summed E-state index contributed by atoms with van der Waals surface area (Å²) in [7, 11) is 0. The summed E-state index contributed by atoms with van der Waals surface area (Å²) in [5.41, 5.74) is 3.33. The smallest absolute Gasteiger partial charge is 0.123 e. The van der Waals surface area contributed by atoms with Crippen LogP contribution in [-0.2, 0) is 11.2 Å². The van der Waals surface area contributed by atoms with Crippen LogP contribution in [0.2, 0.25) is 5.02 Å². The monoisotopic (exact) mass is 372 g/mol. The number of hydrogen-bond donors (Lipinski definition) is 0. The molecule has 5 heteroatoms. The number of rotatable bonds is 5. The summed E-state index contributed by atoms with van der Waals surface area (Å²) in [6, 6.07) is 12.6. The van der Waals surface area contributed by atoms with Crippen molar-refractivity contribution >= 4 is 22.5 Å². The molecule has 1 aromatic heterocycles. The van der Waals surface area contributed by atoms with Crippen molar-refractivity contribution in [3.05, 3.63) is 65.1 Å². The highest BCUT2D eigenvalue weighted by Crippen LogP contribution is 2.28. The maximum absolute atomic E-state index is 13.3. The Morgan fingerprint density at radius 3 is 2.58 bits per heavy atom. The van der Waals surface area contributed by atoms with Gasteiger partial charge in [0, 0.05) is 35.4 Å². The van der Waals surface area contributed by atoms with E-state index in [9.17, 15) is 4.39 Å². The van der Waals surface area contributed by atoms with E-state index in [1.807, 2.05) is 18.2 Å². The van der Waals surface area contributed by atoms with Gasteiger partial charge in [0.1, 0.15) is 5.82 Å². The fourth-order valence-electron chi connectivity index (χ4n) is 3.60. The number of hydrogen-bond acceptors (Lipinski definition) is 2. The van der Waals surface area contributed by atoms with Crippen molar-refractivity contribution in [2.45, 2.75) is 12.8 Å². The van der Waals surface area contributed by atoms with Gasteiger partial charge in [-0.1, -0.05) is 11.6 Å². The largest absolute Gasteiger partial charge is 0.379 e. The van der Waals surface area contributed by atoms with Crippen LogP contribution in [0, 0.1) is 5.82 Å². The van der Waals surface area contributed by atoms with Crippen LogP contribution in [-0.4, -0.2) is 42.3 Å². The summed E-state index contributed by atoms with van der Waals surface area (Å²) < 4.78 is 20.8. The van der Waals surface area contributed by atoms with Crippen LogP contribution in [0.4, 0.5) is 4.39 Å². The van der Waals surface area contributed by atoms with E-state index in [-0.39, 0.29) is 5.82 Å². The summed E-state index contributed by atoms with van der Waals surface area (Å²) in [6.45, 7) is 4.78. The Kier molecular flexibility index (Phi) is 5.25. The van der Waals surface area contributed by atoms with Crippen molar-refractivity contribution in [3.63, 3.8) is 0 Å². The predicted octanol–water partition coefficient (Wildman–Crippen LogP) is 4.69. The molecule has 0 N–H and O–H groups in total. The average Bonchev–Trinajstić information content (AvgIpc) is 3.01. The lowest BCUT2D eigenvalue weighted by Gasteiger charge is -2.26. The van der Waals surface area contributed by atoms with Crippen LogP contribution in [0.15, 0.2) is 48.7 Å². The van der Waals surface area contributed by atoms with Gasteiger partial charge in [0.05, 0.1) is 18.7 Å². The van der Waals surface area contributed by atoms with Gasteiger partial charge in [-0.25, -0.2) is 4.39 Å². The Morgan fingerprint density at radius 2 is 1.81 bits per heavy atom. The number of halogens is 2. The van der Waals surface area contributed by atoms with Gasteiger partial charge in [-0.3, -0.25) is 4.90 Å². The third-order valence-electron chi connectivity index (χ3n) is 4.98. The van der Waals surface area contributed by atoms with Crippen molar-refractivity contribution < 1.29 is 9.13 Å². The van der Waals surface area contributed by atoms with Gasteiger partial charge < -0.3 is 9.30 Å². The van der Waals surface area contributed by atoms with E-state index < -0.39 is 0 Å². The molecule has 26 heavy (non-hydrogen) atoms. The zero-order chi connectivity index (χ0) is 17.9. The predicted molar refractivity (Wildman–Crippen MR) is 104 cm³/mol. The normalized spacial score (nSPS) is 15.6. The lowest BCUT2D eigenvalue weighted by atomic mass is 10.1. The van der Waals surface area contributed by atoms with Crippen molar-refractivity contribution in [2.75, 3.05) is 32.8 Å². The first-order chi connectivity index (χ1) is 12.7. The first-order valence-electron chi connectivity index (χ1n) is 9.06. The van der Waals surface area contributed by atoms with Crippen LogP contribution in [0.5, 0.6) is 0 Å². The summed E-state index contributed by atoms with van der Waals surface area (Å²) >= 11 is 6.24. The van der Waals surface area contributed by atoms with E-state index in [2.05, 4.69) is 15.7 Å². The first-order valence-corrected chi connectivity index (χ1v) is 9.44. The third-order valence-corrected chi connectivity index (χ3v) is 5.21. The van der Waals surface area contributed by atoms with Crippen LogP contribution in [0.1, 0.15) is 12.0 Å². The lowest BCUT2D eigenvalue weighted by Crippen LogP contribution is -2.36. The van der Waals surface area contributed by atoms with Gasteiger partial charge in [-0.2, -0.15) is 0 Å². The second-order valence-electron chi connectivity index (χ2n) is 6.72. The molecule has 1 fully saturated rings. The third kappa shape index (κ3) is 3.78. The minimum atomic E-state index is -0.223. The number of fused-ring (bicyclic) bond motifs is 1. The second kappa shape index (κ2) is 7.78. The Balaban J connectivity index is 1.59. The fourth-order valence-corrected chi connectivity index (χ4v) is 3.77. The quantitative estimate of drug-likeness (QED) is 0.646. The fraction of sp³-hybridized carbons (Fsp3) is 0.333. The summed E-state index contributed by atoms with van der Waals surface area (Å²) in [6.07, 6.45) is 4.24. The van der Waals surface area contributed by atoms with Crippen LogP contribution in [0.25, 0.3) is 16.6 Å². The summed E-state index contributed by atoms with van der Waals surface area (Å²) in [5.74, 6) is -0.223. The van der Waals surface area contributed by atoms with E-state index in [1.54, 1.807) is 12.1 Å². The highest BCUT2D eigenvalue weighted by molar-refractivity contribution is 6.31. The van der Waals surface area contributed by atoms with Gasteiger partial charge >= 0.3 is 0 Å². The van der Waals surface area contributed by atoms with E-state index in [0.29, 0.717) is 0 Å². The molecule has 4 rings (SSSR count). The van der Waals surface area contributed by atoms with Crippen LogP contribution < -0.4 is 0 Å². The minimum Gasteiger partial charge on any atom is -0.379 e. The maximum Gasteiger partial charge on any atom is 0.123 e. The molecule has 2 heterocycles. The second-order valence-corrected chi connectivity index (χ2v) is 7.16. The lowest BCUT2D eigenvalue weighted by molar-refractivity contribution is 0.0375. The topological polar surface area (TPSA) is 17.4 Å². The summed E-state index contributed by atoms with van der Waals surface area (Å²) in [5, 5.41) is 1.91. The van der Waals surface area contributed by atoms with Gasteiger partial charge in [0.15, 0.2) is 0 Å². The SMILES string of the molecule is Fc1ccc(-n2cc(CCCN3CCOCC3)c3cc(Cl)ccc32)cc1. The highest BCUT2D eigenvalue weighted by atomic mass is 35.5. The standard InChI is InChI=1S/C21H22ClFN2O/c22-17-3-8-21-20(14-17)16(2-1-9-24-10-12-26-13-11-24)15-25(21)19-6-4-18(23)5-7-19/h3-8,14-15H,1-2,9-13H2. The molecular weight excluding hydrogens is 351 g/mol. The van der Waals surface area contributed by atoms with E-state index in [1.165, 1.54) is 23.1 Å². The average molecular weight is 373 g/mol. The molecule has 3 nitrogen and oxygen atoms in total. The molecule has 1 aliphatic heterocycles. The van der Waals surface area contributed by atoms with Crippen LogP contribution in [0.3, 0.4) is 0 Å². The minimum absolute atomic E-state index is 0.223.